The van der Waals surface area contributed by atoms with Gasteiger partial charge in [-0.3, -0.25) is 4.57 Å². The van der Waals surface area contributed by atoms with Gasteiger partial charge >= 0.3 is 5.76 Å². The van der Waals surface area contributed by atoms with E-state index in [-0.39, 0.29) is 5.82 Å². The fourth-order valence-electron chi connectivity index (χ4n) is 2.39. The van der Waals surface area contributed by atoms with Gasteiger partial charge in [-0.25, -0.2) is 9.18 Å². The van der Waals surface area contributed by atoms with Gasteiger partial charge in [-0.15, -0.1) is 0 Å². The molecule has 0 saturated heterocycles. The maximum Gasteiger partial charge on any atom is 0.419 e. The van der Waals surface area contributed by atoms with E-state index in [4.69, 9.17) is 4.42 Å². The zero-order chi connectivity index (χ0) is 15.0. The molecule has 1 atom stereocenters. The molecular weight excluding hydrogens is 273 g/mol. The Bertz CT molecular complexity index is 833. The van der Waals surface area contributed by atoms with Crippen molar-refractivity contribution in [2.45, 2.75) is 19.6 Å². The molecule has 0 spiro atoms. The van der Waals surface area contributed by atoms with Crippen LogP contribution < -0.4 is 5.76 Å². The van der Waals surface area contributed by atoms with Crippen LogP contribution in [0.25, 0.3) is 11.1 Å². The lowest BCUT2D eigenvalue weighted by molar-refractivity contribution is 0.220. The lowest BCUT2D eigenvalue weighted by Gasteiger charge is -2.11. The highest BCUT2D eigenvalue weighted by molar-refractivity contribution is 5.74. The second-order valence-corrected chi connectivity index (χ2v) is 4.79. The Labute approximate surface area is 120 Å². The minimum absolute atomic E-state index is 0.354. The van der Waals surface area contributed by atoms with Crippen LogP contribution in [-0.4, -0.2) is 9.67 Å². The maximum absolute atomic E-state index is 12.9. The molecule has 1 unspecified atom stereocenters. The lowest BCUT2D eigenvalue weighted by Crippen LogP contribution is -2.11. The summed E-state index contributed by atoms with van der Waals surface area (Å²) in [6, 6.07) is 10.8. The molecule has 2 aromatic carbocycles. The molecule has 0 aliphatic heterocycles. The number of aliphatic hydroxyl groups excluding tert-OH is 1. The number of hydrogen-bond acceptors (Lipinski definition) is 3. The molecule has 1 N–H and O–H groups in total. The van der Waals surface area contributed by atoms with Crippen molar-refractivity contribution < 1.29 is 13.9 Å². The first-order chi connectivity index (χ1) is 10.1. The molecule has 3 rings (SSSR count). The average Bonchev–Trinajstić information content (AvgIpc) is 2.81. The zero-order valence-electron chi connectivity index (χ0n) is 11.4. The standard InChI is InChI=1S/C16H14FNO3/c1-2-18-13-8-5-11(9-14(13)21-16(18)20)15(19)10-3-6-12(17)7-4-10/h3-9,15,19H,2H2,1H3. The number of nitrogens with zero attached hydrogens (tertiary/aromatic N) is 1. The summed E-state index contributed by atoms with van der Waals surface area (Å²) in [4.78, 5) is 11.7. The smallest absolute Gasteiger partial charge is 0.408 e. The quantitative estimate of drug-likeness (QED) is 0.806. The van der Waals surface area contributed by atoms with E-state index in [1.54, 1.807) is 18.2 Å². The number of aromatic nitrogens is 1. The average molecular weight is 287 g/mol. The van der Waals surface area contributed by atoms with E-state index in [2.05, 4.69) is 0 Å². The van der Waals surface area contributed by atoms with Gasteiger partial charge in [0.15, 0.2) is 5.58 Å². The Balaban J connectivity index is 2.04. The van der Waals surface area contributed by atoms with Crippen molar-refractivity contribution in [1.29, 1.82) is 0 Å². The summed E-state index contributed by atoms with van der Waals surface area (Å²) >= 11 is 0. The van der Waals surface area contributed by atoms with Crippen molar-refractivity contribution in [1.82, 2.24) is 4.57 Å². The van der Waals surface area contributed by atoms with E-state index < -0.39 is 11.9 Å². The van der Waals surface area contributed by atoms with E-state index in [9.17, 15) is 14.3 Å². The predicted molar refractivity (Wildman–Crippen MR) is 76.6 cm³/mol. The Kier molecular flexibility index (Phi) is 3.35. The van der Waals surface area contributed by atoms with E-state index in [1.807, 2.05) is 6.92 Å². The number of hydrogen-bond donors (Lipinski definition) is 1. The first kappa shape index (κ1) is 13.6. The van der Waals surface area contributed by atoms with Crippen molar-refractivity contribution in [2.75, 3.05) is 0 Å². The largest absolute Gasteiger partial charge is 0.419 e. The van der Waals surface area contributed by atoms with Crippen LogP contribution in [0.2, 0.25) is 0 Å². The molecule has 0 aliphatic carbocycles. The fraction of sp³-hybridized carbons (Fsp3) is 0.188. The fourth-order valence-corrected chi connectivity index (χ4v) is 2.39. The maximum atomic E-state index is 12.9. The number of aliphatic hydroxyl groups is 1. The highest BCUT2D eigenvalue weighted by atomic mass is 19.1. The van der Waals surface area contributed by atoms with Gasteiger partial charge in [-0.1, -0.05) is 18.2 Å². The second kappa shape index (κ2) is 5.18. The van der Waals surface area contributed by atoms with Crippen molar-refractivity contribution in [3.63, 3.8) is 0 Å². The first-order valence-electron chi connectivity index (χ1n) is 6.67. The minimum atomic E-state index is -0.898. The predicted octanol–water partition coefficient (Wildman–Crippen LogP) is 2.84. The van der Waals surface area contributed by atoms with E-state index in [0.29, 0.717) is 28.8 Å². The van der Waals surface area contributed by atoms with Crippen LogP contribution in [-0.2, 0) is 6.54 Å². The highest BCUT2D eigenvalue weighted by Gasteiger charge is 2.14. The molecule has 0 fully saturated rings. The summed E-state index contributed by atoms with van der Waals surface area (Å²) in [5.41, 5.74) is 2.29. The number of rotatable bonds is 3. The number of aryl methyl sites for hydroxylation is 1. The summed E-state index contributed by atoms with van der Waals surface area (Å²) < 4.78 is 19.6. The van der Waals surface area contributed by atoms with Gasteiger partial charge in [0.1, 0.15) is 11.9 Å². The zero-order valence-corrected chi connectivity index (χ0v) is 11.4. The minimum Gasteiger partial charge on any atom is -0.408 e. The van der Waals surface area contributed by atoms with Crippen molar-refractivity contribution in [3.05, 3.63) is 70.0 Å². The molecule has 0 aliphatic rings. The van der Waals surface area contributed by atoms with E-state index in [0.717, 1.165) is 0 Å². The molecule has 108 valence electrons. The van der Waals surface area contributed by atoms with Gasteiger partial charge in [0, 0.05) is 6.54 Å². The van der Waals surface area contributed by atoms with Crippen LogP contribution in [0.4, 0.5) is 4.39 Å². The van der Waals surface area contributed by atoms with Crippen LogP contribution in [0.5, 0.6) is 0 Å². The Morgan fingerprint density at radius 1 is 1.19 bits per heavy atom. The molecule has 4 nitrogen and oxygen atoms in total. The number of fused-ring (bicyclic) bond motifs is 1. The summed E-state index contributed by atoms with van der Waals surface area (Å²) in [5, 5.41) is 10.3. The normalized spacial score (nSPS) is 12.7. The Morgan fingerprint density at radius 3 is 2.52 bits per heavy atom. The van der Waals surface area contributed by atoms with Gasteiger partial charge < -0.3 is 9.52 Å². The molecule has 0 bridgehead atoms. The van der Waals surface area contributed by atoms with Crippen LogP contribution in [0.1, 0.15) is 24.2 Å². The molecule has 21 heavy (non-hydrogen) atoms. The number of benzene rings is 2. The summed E-state index contributed by atoms with van der Waals surface area (Å²) in [6.45, 7) is 2.38. The lowest BCUT2D eigenvalue weighted by atomic mass is 10.0. The van der Waals surface area contributed by atoms with Gasteiger partial charge in [0.05, 0.1) is 5.52 Å². The Morgan fingerprint density at radius 2 is 1.86 bits per heavy atom. The van der Waals surface area contributed by atoms with Gasteiger partial charge in [0.25, 0.3) is 0 Å². The molecule has 0 radical (unpaired) electrons. The molecule has 1 heterocycles. The molecule has 3 aromatic rings. The third-order valence-electron chi connectivity index (χ3n) is 3.51. The summed E-state index contributed by atoms with van der Waals surface area (Å²) in [6.07, 6.45) is -0.898. The molecular formula is C16H14FNO3. The van der Waals surface area contributed by atoms with Crippen molar-refractivity contribution in [3.8, 4) is 0 Å². The monoisotopic (exact) mass is 287 g/mol. The SMILES string of the molecule is CCn1c(=O)oc2cc(C(O)c3ccc(F)cc3)ccc21. The van der Waals surface area contributed by atoms with Crippen LogP contribution in [0.3, 0.4) is 0 Å². The second-order valence-electron chi connectivity index (χ2n) is 4.79. The van der Waals surface area contributed by atoms with E-state index >= 15 is 0 Å². The molecule has 5 heteroatoms. The van der Waals surface area contributed by atoms with E-state index in [1.165, 1.54) is 28.8 Å². The van der Waals surface area contributed by atoms with Gasteiger partial charge in [-0.2, -0.15) is 0 Å². The molecule has 0 amide bonds. The van der Waals surface area contributed by atoms with Crippen molar-refractivity contribution >= 4 is 11.1 Å². The summed E-state index contributed by atoms with van der Waals surface area (Å²) in [7, 11) is 0. The van der Waals surface area contributed by atoms with Crippen LogP contribution in [0, 0.1) is 5.82 Å². The molecule has 0 saturated carbocycles. The molecule has 1 aromatic heterocycles. The topological polar surface area (TPSA) is 55.4 Å². The third kappa shape index (κ3) is 2.36. The van der Waals surface area contributed by atoms with Crippen LogP contribution in [0.15, 0.2) is 51.7 Å². The van der Waals surface area contributed by atoms with Gasteiger partial charge in [-0.05, 0) is 42.3 Å². The first-order valence-corrected chi connectivity index (χ1v) is 6.67. The van der Waals surface area contributed by atoms with Crippen molar-refractivity contribution in [2.24, 2.45) is 0 Å². The van der Waals surface area contributed by atoms with Crippen LogP contribution >= 0.6 is 0 Å². The number of halogens is 1. The number of oxazole rings is 1. The third-order valence-corrected chi connectivity index (χ3v) is 3.51. The highest BCUT2D eigenvalue weighted by Crippen LogP contribution is 2.25. The van der Waals surface area contributed by atoms with Gasteiger partial charge in [0.2, 0.25) is 0 Å². The summed E-state index contributed by atoms with van der Waals surface area (Å²) in [5.74, 6) is -0.770. The Hall–Kier alpha value is -2.40.